The molecule has 3 nitrogen and oxygen atoms in total. The number of para-hydroxylation sites is 1. The van der Waals surface area contributed by atoms with Gasteiger partial charge in [0.05, 0.1) is 12.6 Å². The van der Waals surface area contributed by atoms with Gasteiger partial charge in [-0.25, -0.2) is 9.78 Å². The maximum atomic E-state index is 11.2. The molecule has 0 spiro atoms. The molecule has 0 fully saturated rings. The summed E-state index contributed by atoms with van der Waals surface area (Å²) in [5.41, 5.74) is 1.14. The summed E-state index contributed by atoms with van der Waals surface area (Å²) in [7, 11) is 1.35. The predicted molar refractivity (Wildman–Crippen MR) is 53.1 cm³/mol. The van der Waals surface area contributed by atoms with Gasteiger partial charge in [-0.1, -0.05) is 24.3 Å². The molecule has 15 heavy (non-hydrogen) atoms. The Morgan fingerprint density at radius 1 is 1.20 bits per heavy atom. The van der Waals surface area contributed by atoms with Crippen LogP contribution in [0.15, 0.2) is 36.4 Å². The average molecular weight is 278 g/mol. The van der Waals surface area contributed by atoms with Crippen molar-refractivity contribution in [2.24, 2.45) is 0 Å². The number of ether oxygens (including phenoxy) is 1. The van der Waals surface area contributed by atoms with Gasteiger partial charge in [0.1, 0.15) is 5.69 Å². The maximum absolute atomic E-state index is 11.2. The van der Waals surface area contributed by atoms with E-state index >= 15 is 0 Å². The average Bonchev–Trinajstić information content (AvgIpc) is 2.27. The maximum Gasteiger partial charge on any atom is 0.356 e. The molecule has 74 valence electrons. The zero-order chi connectivity index (χ0) is 9.97. The van der Waals surface area contributed by atoms with Gasteiger partial charge in [0, 0.05) is 31.6 Å². The van der Waals surface area contributed by atoms with E-state index in [0.29, 0.717) is 5.69 Å². The fraction of sp³-hybridized carbons (Fsp3) is 0.0909. The van der Waals surface area contributed by atoms with Crippen molar-refractivity contribution in [2.45, 2.75) is 0 Å². The van der Waals surface area contributed by atoms with Crippen LogP contribution in [0.4, 0.5) is 0 Å². The zero-order valence-corrected chi connectivity index (χ0v) is 10.7. The van der Waals surface area contributed by atoms with Crippen molar-refractivity contribution in [3.05, 3.63) is 42.1 Å². The van der Waals surface area contributed by atoms with E-state index in [1.54, 1.807) is 6.07 Å². The molecule has 0 aliphatic rings. The molecule has 1 aromatic carbocycles. The number of fused-ring (bicyclic) bond motifs is 1. The van der Waals surface area contributed by atoms with Gasteiger partial charge in [-0.15, -0.1) is 0 Å². The molecule has 2 rings (SSSR count). The largest absolute Gasteiger partial charge is 0.464 e. The van der Waals surface area contributed by atoms with Crippen LogP contribution in [0.2, 0.25) is 0 Å². The molecule has 4 heteroatoms. The monoisotopic (exact) mass is 277 g/mol. The topological polar surface area (TPSA) is 39.2 Å². The molecule has 0 aliphatic carbocycles. The quantitative estimate of drug-likeness (QED) is 0.749. The van der Waals surface area contributed by atoms with E-state index < -0.39 is 5.97 Å². The summed E-state index contributed by atoms with van der Waals surface area (Å²) < 4.78 is 4.58. The first-order valence-corrected chi connectivity index (χ1v) is 4.25. The Balaban J connectivity index is 0.00000112. The number of hydrogen-bond donors (Lipinski definition) is 0. The van der Waals surface area contributed by atoms with Crippen LogP contribution in [0.3, 0.4) is 0 Å². The van der Waals surface area contributed by atoms with Crippen LogP contribution in [0.5, 0.6) is 0 Å². The van der Waals surface area contributed by atoms with Gasteiger partial charge in [-0.3, -0.25) is 0 Å². The molecule has 0 radical (unpaired) electrons. The first-order valence-electron chi connectivity index (χ1n) is 4.25. The molecular weight excluding hydrogens is 269 g/mol. The van der Waals surface area contributed by atoms with Crippen molar-refractivity contribution >= 4 is 16.9 Å². The molecule has 0 N–H and O–H groups in total. The van der Waals surface area contributed by atoms with Gasteiger partial charge < -0.3 is 4.74 Å². The van der Waals surface area contributed by atoms with Crippen molar-refractivity contribution in [1.29, 1.82) is 0 Å². The standard InChI is InChI=1S/C11H9NO2.Zr/c1-14-11(13)10-7-6-8-4-2-3-5-9(8)12-10;/h2-7H,1H3;. The summed E-state index contributed by atoms with van der Waals surface area (Å²) in [6.45, 7) is 0. The molecule has 0 aliphatic heterocycles. The smallest absolute Gasteiger partial charge is 0.356 e. The molecule has 0 bridgehead atoms. The fourth-order valence-electron chi connectivity index (χ4n) is 1.28. The summed E-state index contributed by atoms with van der Waals surface area (Å²) >= 11 is 0. The molecule has 0 saturated heterocycles. The molecule has 1 aromatic heterocycles. The number of carbonyl (C=O) groups is 1. The van der Waals surface area contributed by atoms with Crippen molar-refractivity contribution in [2.75, 3.05) is 7.11 Å². The van der Waals surface area contributed by atoms with Gasteiger partial charge in [0.25, 0.3) is 0 Å². The number of carbonyl (C=O) groups excluding carboxylic acids is 1. The van der Waals surface area contributed by atoms with Crippen LogP contribution in [-0.4, -0.2) is 18.1 Å². The summed E-state index contributed by atoms with van der Waals surface area (Å²) in [5.74, 6) is -0.407. The summed E-state index contributed by atoms with van der Waals surface area (Å²) in [5, 5.41) is 1.01. The molecule has 0 atom stereocenters. The minimum Gasteiger partial charge on any atom is -0.464 e. The van der Waals surface area contributed by atoms with Crippen LogP contribution in [0.25, 0.3) is 10.9 Å². The van der Waals surface area contributed by atoms with Gasteiger partial charge >= 0.3 is 5.97 Å². The summed E-state index contributed by atoms with van der Waals surface area (Å²) in [6.07, 6.45) is 0. The first kappa shape index (κ1) is 12.1. The van der Waals surface area contributed by atoms with Gasteiger partial charge in [0.2, 0.25) is 0 Å². The van der Waals surface area contributed by atoms with E-state index in [0.717, 1.165) is 10.9 Å². The predicted octanol–water partition coefficient (Wildman–Crippen LogP) is 2.02. The third kappa shape index (κ3) is 2.51. The Morgan fingerprint density at radius 3 is 2.67 bits per heavy atom. The Hall–Kier alpha value is -1.02. The number of nitrogens with zero attached hydrogens (tertiary/aromatic N) is 1. The van der Waals surface area contributed by atoms with Crippen LogP contribution in [0.1, 0.15) is 10.5 Å². The molecule has 0 unspecified atom stereocenters. The second-order valence-electron chi connectivity index (χ2n) is 2.88. The van der Waals surface area contributed by atoms with Crippen molar-refractivity contribution < 1.29 is 35.7 Å². The van der Waals surface area contributed by atoms with E-state index in [1.807, 2.05) is 30.3 Å². The number of rotatable bonds is 1. The van der Waals surface area contributed by atoms with E-state index in [1.165, 1.54) is 7.11 Å². The van der Waals surface area contributed by atoms with E-state index in [2.05, 4.69) is 9.72 Å². The zero-order valence-electron chi connectivity index (χ0n) is 8.23. The van der Waals surface area contributed by atoms with Crippen LogP contribution in [0, 0.1) is 0 Å². The number of pyridine rings is 1. The van der Waals surface area contributed by atoms with E-state index in [4.69, 9.17) is 0 Å². The Bertz CT molecular complexity index is 485. The minimum absolute atomic E-state index is 0. The summed E-state index contributed by atoms with van der Waals surface area (Å²) in [4.78, 5) is 15.3. The first-order chi connectivity index (χ1) is 6.81. The Kier molecular flexibility index (Phi) is 4.16. The second-order valence-corrected chi connectivity index (χ2v) is 2.88. The molecule has 0 saturated carbocycles. The summed E-state index contributed by atoms with van der Waals surface area (Å²) in [6, 6.07) is 11.1. The number of esters is 1. The number of benzene rings is 1. The molecule has 1 heterocycles. The third-order valence-electron chi connectivity index (χ3n) is 1.99. The molecular formula is C11H9NO2Zr. The Morgan fingerprint density at radius 2 is 1.93 bits per heavy atom. The van der Waals surface area contributed by atoms with Crippen molar-refractivity contribution in [1.82, 2.24) is 4.98 Å². The van der Waals surface area contributed by atoms with Gasteiger partial charge in [-0.2, -0.15) is 0 Å². The third-order valence-corrected chi connectivity index (χ3v) is 1.99. The number of hydrogen-bond acceptors (Lipinski definition) is 3. The fourth-order valence-corrected chi connectivity index (χ4v) is 1.28. The van der Waals surface area contributed by atoms with Crippen molar-refractivity contribution in [3.8, 4) is 0 Å². The van der Waals surface area contributed by atoms with Gasteiger partial charge in [0.15, 0.2) is 0 Å². The second kappa shape index (κ2) is 5.17. The van der Waals surface area contributed by atoms with Crippen LogP contribution < -0.4 is 0 Å². The van der Waals surface area contributed by atoms with Crippen molar-refractivity contribution in [3.63, 3.8) is 0 Å². The van der Waals surface area contributed by atoms with Crippen LogP contribution in [-0.2, 0) is 30.9 Å². The SMILES string of the molecule is COC(=O)c1ccc2ccccc2n1.[Zr]. The van der Waals surface area contributed by atoms with E-state index in [-0.39, 0.29) is 26.2 Å². The molecule has 2 aromatic rings. The van der Waals surface area contributed by atoms with E-state index in [9.17, 15) is 4.79 Å². The Labute approximate surface area is 107 Å². The van der Waals surface area contributed by atoms with Crippen LogP contribution >= 0.6 is 0 Å². The minimum atomic E-state index is -0.407. The molecule has 0 amide bonds. The van der Waals surface area contributed by atoms with Gasteiger partial charge in [-0.05, 0) is 12.1 Å². The number of aromatic nitrogens is 1. The normalized spacial score (nSPS) is 9.40. The number of methoxy groups -OCH3 is 1.